The summed E-state index contributed by atoms with van der Waals surface area (Å²) in [6.45, 7) is 3.05. The molecule has 2 saturated heterocycles. The maximum atomic E-state index is 12.6. The minimum Gasteiger partial charge on any atom is -0.357 e. The number of anilines is 1. The topological polar surface area (TPSA) is 48.5 Å². The fourth-order valence-corrected chi connectivity index (χ4v) is 3.53. The Hall–Kier alpha value is -1.83. The fourth-order valence-electron chi connectivity index (χ4n) is 3.53. The molecule has 1 unspecified atom stereocenters. The third-order valence-corrected chi connectivity index (χ3v) is 5.17. The van der Waals surface area contributed by atoms with Crippen LogP contribution in [0.25, 0.3) is 0 Å². The van der Waals surface area contributed by atoms with Crippen LogP contribution in [0, 0.1) is 5.92 Å². The third-order valence-electron chi connectivity index (χ3n) is 5.17. The molecule has 1 N–H and O–H groups in total. The number of nitrogens with zero attached hydrogens (tertiary/aromatic N) is 3. The van der Waals surface area contributed by atoms with Crippen molar-refractivity contribution in [1.82, 2.24) is 15.2 Å². The van der Waals surface area contributed by atoms with Crippen LogP contribution in [0.15, 0.2) is 18.3 Å². The molecule has 0 radical (unpaired) electrons. The van der Waals surface area contributed by atoms with Gasteiger partial charge >= 0.3 is 6.18 Å². The summed E-state index contributed by atoms with van der Waals surface area (Å²) < 4.78 is 37.8. The van der Waals surface area contributed by atoms with Gasteiger partial charge in [0.05, 0.1) is 5.56 Å². The second kappa shape index (κ2) is 7.19. The number of likely N-dealkylation sites (N-methyl/N-ethyl adjacent to an activating group) is 1. The van der Waals surface area contributed by atoms with Crippen molar-refractivity contribution in [1.29, 1.82) is 0 Å². The van der Waals surface area contributed by atoms with E-state index in [1.807, 2.05) is 16.8 Å². The monoisotopic (exact) mass is 356 g/mol. The van der Waals surface area contributed by atoms with Crippen molar-refractivity contribution >= 4 is 11.7 Å². The predicted molar refractivity (Wildman–Crippen MR) is 88.2 cm³/mol. The quantitative estimate of drug-likeness (QED) is 0.902. The van der Waals surface area contributed by atoms with Gasteiger partial charge in [-0.05, 0) is 37.9 Å². The highest BCUT2D eigenvalue weighted by Gasteiger charge is 2.33. The minimum absolute atomic E-state index is 0.0173. The number of rotatable bonds is 3. The molecule has 3 heterocycles. The molecule has 138 valence electrons. The van der Waals surface area contributed by atoms with Gasteiger partial charge in [-0.2, -0.15) is 13.2 Å². The second-order valence-electron chi connectivity index (χ2n) is 6.76. The number of amides is 1. The van der Waals surface area contributed by atoms with Crippen molar-refractivity contribution in [3.05, 3.63) is 23.9 Å². The summed E-state index contributed by atoms with van der Waals surface area (Å²) in [5, 5.41) is 3.26. The summed E-state index contributed by atoms with van der Waals surface area (Å²) >= 11 is 0. The molecule has 2 aliphatic heterocycles. The predicted octanol–water partition coefficient (Wildman–Crippen LogP) is 2.14. The molecule has 1 aromatic heterocycles. The highest BCUT2D eigenvalue weighted by molar-refractivity contribution is 5.79. The third kappa shape index (κ3) is 4.05. The van der Waals surface area contributed by atoms with Gasteiger partial charge in [0.2, 0.25) is 5.91 Å². The first-order valence-electron chi connectivity index (χ1n) is 8.62. The average molecular weight is 356 g/mol. The van der Waals surface area contributed by atoms with E-state index < -0.39 is 11.7 Å². The molecule has 2 aliphatic rings. The number of piperidine rings is 1. The van der Waals surface area contributed by atoms with Crippen LogP contribution in [-0.2, 0) is 11.0 Å². The molecular formula is C17H23F3N4O. The second-order valence-corrected chi connectivity index (χ2v) is 6.76. The van der Waals surface area contributed by atoms with Crippen LogP contribution in [0.5, 0.6) is 0 Å². The Morgan fingerprint density at radius 3 is 2.52 bits per heavy atom. The van der Waals surface area contributed by atoms with Gasteiger partial charge in [-0.1, -0.05) is 0 Å². The minimum atomic E-state index is -4.37. The normalized spacial score (nSPS) is 22.2. The van der Waals surface area contributed by atoms with Gasteiger partial charge in [-0.25, -0.2) is 4.98 Å². The molecule has 5 nitrogen and oxygen atoms in total. The van der Waals surface area contributed by atoms with Crippen LogP contribution in [0.4, 0.5) is 19.0 Å². The van der Waals surface area contributed by atoms with Crippen LogP contribution < -0.4 is 10.2 Å². The van der Waals surface area contributed by atoms with Gasteiger partial charge in [0, 0.05) is 44.8 Å². The van der Waals surface area contributed by atoms with Crippen molar-refractivity contribution in [2.24, 2.45) is 5.92 Å². The van der Waals surface area contributed by atoms with E-state index in [1.54, 1.807) is 0 Å². The van der Waals surface area contributed by atoms with Crippen LogP contribution >= 0.6 is 0 Å². The average Bonchev–Trinajstić information content (AvgIpc) is 3.14. The largest absolute Gasteiger partial charge is 0.417 e. The van der Waals surface area contributed by atoms with Crippen molar-refractivity contribution < 1.29 is 18.0 Å². The number of hydrogen-bond donors (Lipinski definition) is 1. The number of nitrogens with one attached hydrogen (secondary N) is 1. The van der Waals surface area contributed by atoms with E-state index in [9.17, 15) is 18.0 Å². The Kier molecular flexibility index (Phi) is 5.17. The Morgan fingerprint density at radius 1 is 1.28 bits per heavy atom. The number of carbonyl (C=O) groups is 1. The molecule has 0 bridgehead atoms. The smallest absolute Gasteiger partial charge is 0.357 e. The van der Waals surface area contributed by atoms with Crippen molar-refractivity contribution in [3.8, 4) is 0 Å². The van der Waals surface area contributed by atoms with Crippen molar-refractivity contribution in [3.63, 3.8) is 0 Å². The number of aromatic nitrogens is 1. The maximum absolute atomic E-state index is 12.6. The summed E-state index contributed by atoms with van der Waals surface area (Å²) in [4.78, 5) is 20.4. The van der Waals surface area contributed by atoms with Gasteiger partial charge in [0.1, 0.15) is 5.82 Å². The molecule has 1 aromatic rings. The first-order chi connectivity index (χ1) is 11.9. The molecule has 1 amide bonds. The van der Waals surface area contributed by atoms with E-state index in [0.717, 1.165) is 31.8 Å². The van der Waals surface area contributed by atoms with E-state index in [4.69, 9.17) is 0 Å². The fraction of sp³-hybridized carbons (Fsp3) is 0.647. The summed E-state index contributed by atoms with van der Waals surface area (Å²) in [5.41, 5.74) is -0.742. The summed E-state index contributed by atoms with van der Waals surface area (Å²) in [7, 11) is 1.86. The summed E-state index contributed by atoms with van der Waals surface area (Å²) in [6, 6.07) is 2.73. The summed E-state index contributed by atoms with van der Waals surface area (Å²) in [5.74, 6) is 0.692. The Balaban J connectivity index is 1.55. The first kappa shape index (κ1) is 18.0. The lowest BCUT2D eigenvalue weighted by Gasteiger charge is -2.35. The molecule has 2 fully saturated rings. The van der Waals surface area contributed by atoms with Crippen LogP contribution in [0.3, 0.4) is 0 Å². The lowest BCUT2D eigenvalue weighted by molar-refractivity contribution is -0.138. The lowest BCUT2D eigenvalue weighted by Crippen LogP contribution is -2.45. The molecule has 0 saturated carbocycles. The van der Waals surface area contributed by atoms with Crippen LogP contribution in [0.2, 0.25) is 0 Å². The SMILES string of the molecule is CN(C(=O)C1CCN(c2ccc(C(F)(F)F)cn2)CC1)C1CCNC1. The lowest BCUT2D eigenvalue weighted by atomic mass is 9.94. The molecule has 25 heavy (non-hydrogen) atoms. The van der Waals surface area contributed by atoms with Gasteiger partial charge in [0.25, 0.3) is 0 Å². The van der Waals surface area contributed by atoms with E-state index in [0.29, 0.717) is 31.7 Å². The number of pyridine rings is 1. The zero-order chi connectivity index (χ0) is 18.0. The number of hydrogen-bond acceptors (Lipinski definition) is 4. The van der Waals surface area contributed by atoms with Gasteiger partial charge < -0.3 is 15.1 Å². The molecule has 1 atom stereocenters. The van der Waals surface area contributed by atoms with Gasteiger partial charge in [-0.15, -0.1) is 0 Å². The van der Waals surface area contributed by atoms with E-state index in [-0.39, 0.29) is 17.9 Å². The van der Waals surface area contributed by atoms with Crippen LogP contribution in [0.1, 0.15) is 24.8 Å². The molecule has 3 rings (SSSR count). The highest BCUT2D eigenvalue weighted by atomic mass is 19.4. The summed E-state index contributed by atoms with van der Waals surface area (Å²) in [6.07, 6.45) is -1.12. The molecular weight excluding hydrogens is 333 g/mol. The Labute approximate surface area is 145 Å². The van der Waals surface area contributed by atoms with E-state index in [2.05, 4.69) is 10.3 Å². The maximum Gasteiger partial charge on any atom is 0.417 e. The highest BCUT2D eigenvalue weighted by Crippen LogP contribution is 2.30. The first-order valence-corrected chi connectivity index (χ1v) is 8.62. The molecule has 0 spiro atoms. The van der Waals surface area contributed by atoms with Crippen LogP contribution in [-0.4, -0.2) is 55.1 Å². The number of halogens is 3. The van der Waals surface area contributed by atoms with Gasteiger partial charge in [-0.3, -0.25) is 4.79 Å². The number of carbonyl (C=O) groups excluding carboxylic acids is 1. The Morgan fingerprint density at radius 2 is 2.00 bits per heavy atom. The zero-order valence-corrected chi connectivity index (χ0v) is 14.2. The Bertz CT molecular complexity index is 591. The molecule has 0 aliphatic carbocycles. The van der Waals surface area contributed by atoms with Crippen molar-refractivity contribution in [2.45, 2.75) is 31.5 Å². The number of alkyl halides is 3. The molecule has 8 heteroatoms. The zero-order valence-electron chi connectivity index (χ0n) is 14.2. The van der Waals surface area contributed by atoms with E-state index >= 15 is 0 Å². The van der Waals surface area contributed by atoms with Gasteiger partial charge in [0.15, 0.2) is 0 Å². The molecule has 0 aromatic carbocycles. The van der Waals surface area contributed by atoms with E-state index in [1.165, 1.54) is 6.07 Å². The standard InChI is InChI=1S/C17H23F3N4O/c1-23(14-4-7-21-11-14)16(25)12-5-8-24(9-6-12)15-3-2-13(10-22-15)17(18,19)20/h2-3,10,12,14,21H,4-9,11H2,1H3. The van der Waals surface area contributed by atoms with Crippen molar-refractivity contribution in [2.75, 3.05) is 38.1 Å².